The number of pyridine rings is 1. The number of carbonyl (C=O) groups excluding carboxylic acids is 1. The van der Waals surface area contributed by atoms with Gasteiger partial charge in [0.2, 0.25) is 0 Å². The molecule has 1 fully saturated rings. The number of aryl methyl sites for hydroxylation is 2. The lowest BCUT2D eigenvalue weighted by atomic mass is 9.91. The zero-order valence-electron chi connectivity index (χ0n) is 13.9. The number of aromatic nitrogens is 5. The normalized spacial score (nSPS) is 16.0. The van der Waals surface area contributed by atoms with Crippen molar-refractivity contribution in [3.63, 3.8) is 0 Å². The van der Waals surface area contributed by atoms with Crippen molar-refractivity contribution >= 4 is 16.9 Å². The second-order valence-corrected chi connectivity index (χ2v) is 6.38. The van der Waals surface area contributed by atoms with E-state index in [0.29, 0.717) is 11.5 Å². The van der Waals surface area contributed by atoms with E-state index in [1.165, 1.54) is 5.56 Å². The van der Waals surface area contributed by atoms with E-state index in [2.05, 4.69) is 21.4 Å². The van der Waals surface area contributed by atoms with Crippen LogP contribution in [-0.4, -0.2) is 48.4 Å². The van der Waals surface area contributed by atoms with Crippen molar-refractivity contribution in [3.8, 4) is 0 Å². The largest absolute Gasteiger partial charge is 0.339 e. The molecule has 4 heterocycles. The zero-order valence-corrected chi connectivity index (χ0v) is 13.9. The van der Waals surface area contributed by atoms with Gasteiger partial charge in [0.15, 0.2) is 5.65 Å². The Morgan fingerprint density at radius 3 is 2.67 bits per heavy atom. The van der Waals surface area contributed by atoms with Gasteiger partial charge in [-0.3, -0.25) is 14.2 Å². The van der Waals surface area contributed by atoms with Gasteiger partial charge in [-0.05, 0) is 30.4 Å². The summed E-state index contributed by atoms with van der Waals surface area (Å²) in [4.78, 5) is 19.2. The average Bonchev–Trinajstić information content (AvgIpc) is 3.21. The molecule has 7 nitrogen and oxygen atoms in total. The zero-order chi connectivity index (χ0) is 16.7. The highest BCUT2D eigenvalue weighted by molar-refractivity contribution is 6.05. The summed E-state index contributed by atoms with van der Waals surface area (Å²) in [6.45, 7) is 1.53. The molecule has 7 heteroatoms. The number of likely N-dealkylation sites (tertiary alicyclic amines) is 1. The summed E-state index contributed by atoms with van der Waals surface area (Å²) in [6, 6.07) is 1.79. The fraction of sp³-hybridized carbons (Fsp3) is 0.412. The van der Waals surface area contributed by atoms with E-state index < -0.39 is 0 Å². The third-order valence-corrected chi connectivity index (χ3v) is 4.84. The van der Waals surface area contributed by atoms with Crippen LogP contribution in [0, 0.1) is 0 Å². The lowest BCUT2D eigenvalue weighted by Gasteiger charge is -2.31. The van der Waals surface area contributed by atoms with Gasteiger partial charge in [-0.15, -0.1) is 0 Å². The molecule has 0 radical (unpaired) electrons. The molecule has 0 unspecified atom stereocenters. The molecule has 1 aliphatic heterocycles. The van der Waals surface area contributed by atoms with Gasteiger partial charge in [0.25, 0.3) is 5.91 Å². The van der Waals surface area contributed by atoms with Crippen LogP contribution in [0.15, 0.2) is 30.9 Å². The molecule has 1 amide bonds. The number of fused-ring (bicyclic) bond motifs is 1. The predicted molar refractivity (Wildman–Crippen MR) is 89.6 cm³/mol. The van der Waals surface area contributed by atoms with Crippen molar-refractivity contribution in [2.45, 2.75) is 18.8 Å². The molecular weight excluding hydrogens is 304 g/mol. The molecule has 0 spiro atoms. The van der Waals surface area contributed by atoms with Crippen LogP contribution < -0.4 is 0 Å². The van der Waals surface area contributed by atoms with Crippen LogP contribution in [0.4, 0.5) is 0 Å². The second kappa shape index (κ2) is 5.74. The van der Waals surface area contributed by atoms with Crippen LogP contribution in [-0.2, 0) is 14.1 Å². The first-order valence-electron chi connectivity index (χ1n) is 8.18. The third kappa shape index (κ3) is 2.46. The van der Waals surface area contributed by atoms with Crippen LogP contribution >= 0.6 is 0 Å². The van der Waals surface area contributed by atoms with Gasteiger partial charge in [-0.25, -0.2) is 4.98 Å². The first kappa shape index (κ1) is 14.9. The minimum atomic E-state index is 0.0695. The van der Waals surface area contributed by atoms with Crippen molar-refractivity contribution in [2.75, 3.05) is 13.1 Å². The minimum absolute atomic E-state index is 0.0695. The monoisotopic (exact) mass is 324 g/mol. The van der Waals surface area contributed by atoms with E-state index in [9.17, 15) is 4.79 Å². The molecule has 1 aliphatic rings. The lowest BCUT2D eigenvalue weighted by Crippen LogP contribution is -2.38. The van der Waals surface area contributed by atoms with Gasteiger partial charge in [-0.1, -0.05) is 0 Å². The van der Waals surface area contributed by atoms with Crippen LogP contribution in [0.25, 0.3) is 11.0 Å². The Hall–Kier alpha value is -2.70. The van der Waals surface area contributed by atoms with Gasteiger partial charge in [-0.2, -0.15) is 10.2 Å². The number of amides is 1. The van der Waals surface area contributed by atoms with Crippen molar-refractivity contribution in [2.24, 2.45) is 14.1 Å². The highest BCUT2D eigenvalue weighted by Crippen LogP contribution is 2.29. The van der Waals surface area contributed by atoms with E-state index in [0.717, 1.165) is 37.0 Å². The molecule has 124 valence electrons. The predicted octanol–water partition coefficient (Wildman–Crippen LogP) is 1.72. The number of hydrogen-bond acceptors (Lipinski definition) is 4. The summed E-state index contributed by atoms with van der Waals surface area (Å²) < 4.78 is 3.53. The van der Waals surface area contributed by atoms with Crippen molar-refractivity contribution in [1.29, 1.82) is 0 Å². The fourth-order valence-electron chi connectivity index (χ4n) is 3.47. The number of nitrogens with zero attached hydrogens (tertiary/aromatic N) is 6. The topological polar surface area (TPSA) is 68.8 Å². The van der Waals surface area contributed by atoms with E-state index in [1.807, 2.05) is 29.9 Å². The molecule has 0 aliphatic carbocycles. The Balaban J connectivity index is 1.51. The third-order valence-electron chi connectivity index (χ3n) is 4.84. The summed E-state index contributed by atoms with van der Waals surface area (Å²) in [6.07, 6.45) is 9.35. The summed E-state index contributed by atoms with van der Waals surface area (Å²) in [7, 11) is 3.77. The molecule has 4 rings (SSSR count). The fourth-order valence-corrected chi connectivity index (χ4v) is 3.47. The van der Waals surface area contributed by atoms with Gasteiger partial charge < -0.3 is 4.90 Å². The second-order valence-electron chi connectivity index (χ2n) is 6.38. The minimum Gasteiger partial charge on any atom is -0.339 e. The van der Waals surface area contributed by atoms with Crippen LogP contribution in [0.2, 0.25) is 0 Å². The Bertz CT molecular complexity index is 888. The summed E-state index contributed by atoms with van der Waals surface area (Å²) >= 11 is 0. The Morgan fingerprint density at radius 1 is 1.17 bits per heavy atom. The van der Waals surface area contributed by atoms with Crippen molar-refractivity contribution in [1.82, 2.24) is 29.4 Å². The van der Waals surface area contributed by atoms with Crippen molar-refractivity contribution in [3.05, 3.63) is 42.0 Å². The van der Waals surface area contributed by atoms with E-state index in [1.54, 1.807) is 23.1 Å². The maximum absolute atomic E-state index is 12.9. The molecule has 0 atom stereocenters. The van der Waals surface area contributed by atoms with Gasteiger partial charge in [0.1, 0.15) is 0 Å². The Morgan fingerprint density at radius 2 is 1.96 bits per heavy atom. The Kier molecular flexibility index (Phi) is 3.55. The molecule has 0 bridgehead atoms. The highest BCUT2D eigenvalue weighted by Gasteiger charge is 2.26. The molecule has 0 aromatic carbocycles. The lowest BCUT2D eigenvalue weighted by molar-refractivity contribution is 0.0715. The molecule has 3 aromatic heterocycles. The van der Waals surface area contributed by atoms with E-state index in [-0.39, 0.29) is 5.91 Å². The van der Waals surface area contributed by atoms with Crippen LogP contribution in [0.5, 0.6) is 0 Å². The number of piperidine rings is 1. The average molecular weight is 324 g/mol. The molecular formula is C17H20N6O. The van der Waals surface area contributed by atoms with Crippen LogP contribution in [0.1, 0.15) is 34.7 Å². The van der Waals surface area contributed by atoms with Crippen LogP contribution in [0.3, 0.4) is 0 Å². The van der Waals surface area contributed by atoms with Gasteiger partial charge >= 0.3 is 0 Å². The van der Waals surface area contributed by atoms with E-state index in [4.69, 9.17) is 0 Å². The maximum Gasteiger partial charge on any atom is 0.254 e. The van der Waals surface area contributed by atoms with Crippen molar-refractivity contribution < 1.29 is 4.79 Å². The SMILES string of the molecule is Cn1cc(C2CCN(C(=O)c3ccnc4c3cnn4C)CC2)cn1. The first-order valence-corrected chi connectivity index (χ1v) is 8.18. The quantitative estimate of drug-likeness (QED) is 0.720. The van der Waals surface area contributed by atoms with Gasteiger partial charge in [0, 0.05) is 39.6 Å². The molecule has 0 N–H and O–H groups in total. The summed E-state index contributed by atoms with van der Waals surface area (Å²) in [5.41, 5.74) is 2.70. The summed E-state index contributed by atoms with van der Waals surface area (Å²) in [5.74, 6) is 0.554. The van der Waals surface area contributed by atoms with Gasteiger partial charge in [0.05, 0.1) is 23.3 Å². The highest BCUT2D eigenvalue weighted by atomic mass is 16.2. The Labute approximate surface area is 139 Å². The molecule has 3 aromatic rings. The first-order chi connectivity index (χ1) is 11.6. The molecule has 0 saturated carbocycles. The van der Waals surface area contributed by atoms with E-state index >= 15 is 0 Å². The summed E-state index contributed by atoms with van der Waals surface area (Å²) in [5, 5.41) is 9.28. The molecule has 24 heavy (non-hydrogen) atoms. The smallest absolute Gasteiger partial charge is 0.254 e. The number of rotatable bonds is 2. The maximum atomic E-state index is 12.9. The number of hydrogen-bond donors (Lipinski definition) is 0. The molecule has 1 saturated heterocycles. The standard InChI is InChI=1S/C17H20N6O/c1-21-11-13(9-19-21)12-4-7-23(8-5-12)17(24)14-3-6-18-16-15(14)10-20-22(16)2/h3,6,9-12H,4-5,7-8H2,1-2H3. The number of carbonyl (C=O) groups is 1.